The monoisotopic (exact) mass is 754 g/mol. The summed E-state index contributed by atoms with van der Waals surface area (Å²) in [6.07, 6.45) is 3.92. The van der Waals surface area contributed by atoms with Crippen molar-refractivity contribution in [1.82, 2.24) is 0 Å². The molecule has 13 nitrogen and oxygen atoms in total. The van der Waals surface area contributed by atoms with Crippen LogP contribution in [0.15, 0.2) is 36.4 Å². The number of unbranched alkanes of at least 4 members (excludes halogenated alkanes) is 2. The number of aliphatic carboxylic acids is 3. The Morgan fingerprint density at radius 3 is 1.13 bits per heavy atom. The maximum atomic E-state index is 11.9. The smallest absolute Gasteiger partial charge is 0.341 e. The Balaban J connectivity index is 2.21. The molecular weight excluding hydrogens is 700 g/mol. The minimum absolute atomic E-state index is 0.0861. The molecule has 0 bridgehead atoms. The quantitative estimate of drug-likeness (QED) is 0.0679. The highest BCUT2D eigenvalue weighted by molar-refractivity contribution is 5.89. The molecule has 0 amide bonds. The van der Waals surface area contributed by atoms with E-state index >= 15 is 0 Å². The second kappa shape index (κ2) is 23.2. The molecule has 0 aromatic heterocycles. The van der Waals surface area contributed by atoms with Gasteiger partial charge in [-0.3, -0.25) is 0 Å². The molecule has 0 aliphatic carbocycles. The zero-order valence-electron chi connectivity index (χ0n) is 32.0. The van der Waals surface area contributed by atoms with Crippen LogP contribution >= 0.6 is 0 Å². The number of hydrogen-bond acceptors (Lipinski definition) is 10. The molecule has 0 saturated carbocycles. The predicted octanol–water partition coefficient (Wildman–Crippen LogP) is 7.00. The average Bonchev–Trinajstić information content (AvgIpc) is 3.11. The van der Waals surface area contributed by atoms with Gasteiger partial charge in [-0.1, -0.05) is 38.8 Å². The summed E-state index contributed by atoms with van der Waals surface area (Å²) in [5, 5.41) is 28.9. The lowest BCUT2D eigenvalue weighted by atomic mass is 9.90. The molecule has 0 aliphatic heterocycles. The highest BCUT2D eigenvalue weighted by Crippen LogP contribution is 2.48. The van der Waals surface area contributed by atoms with Gasteiger partial charge in [-0.25, -0.2) is 14.4 Å². The van der Waals surface area contributed by atoms with Crippen molar-refractivity contribution in [1.29, 1.82) is 0 Å². The van der Waals surface area contributed by atoms with E-state index in [0.717, 1.165) is 42.4 Å². The van der Waals surface area contributed by atoms with E-state index in [1.54, 1.807) is 24.3 Å². The third-order valence-corrected chi connectivity index (χ3v) is 8.00. The largest absolute Gasteiger partial charge is 0.481 e. The second-order valence-corrected chi connectivity index (χ2v) is 12.9. The van der Waals surface area contributed by atoms with Crippen LogP contribution in [0.1, 0.15) is 67.3 Å². The summed E-state index contributed by atoms with van der Waals surface area (Å²) in [6.45, 7) is 10.6. The summed E-state index contributed by atoms with van der Waals surface area (Å²) in [5.74, 6) is -3.00. The minimum atomic E-state index is -1.23. The third-order valence-electron chi connectivity index (χ3n) is 8.00. The molecule has 296 valence electrons. The fraction of sp³-hybridized carbons (Fsp3) is 0.488. The van der Waals surface area contributed by atoms with Crippen LogP contribution in [0.3, 0.4) is 0 Å². The van der Waals surface area contributed by atoms with E-state index in [1.165, 1.54) is 0 Å². The summed E-state index contributed by atoms with van der Waals surface area (Å²) in [4.78, 5) is 35.4. The van der Waals surface area contributed by atoms with Crippen LogP contribution in [0, 0.1) is 20.8 Å². The molecule has 3 aromatic carbocycles. The first-order chi connectivity index (χ1) is 25.9. The van der Waals surface area contributed by atoms with Crippen LogP contribution in [0.25, 0.3) is 22.3 Å². The van der Waals surface area contributed by atoms with Crippen molar-refractivity contribution < 1.29 is 62.9 Å². The summed E-state index contributed by atoms with van der Waals surface area (Å²) in [7, 11) is 0. The number of carboxylic acid groups (broad SMARTS) is 3. The van der Waals surface area contributed by atoms with Crippen molar-refractivity contribution in [2.45, 2.75) is 73.5 Å². The highest BCUT2D eigenvalue weighted by Gasteiger charge is 2.25. The molecule has 0 atom stereocenters. The van der Waals surface area contributed by atoms with Crippen molar-refractivity contribution in [2.75, 3.05) is 59.5 Å². The minimum Gasteiger partial charge on any atom is -0.481 e. The molecule has 3 N–H and O–H groups in total. The molecular formula is C41H54O13. The van der Waals surface area contributed by atoms with Crippen LogP contribution in [0.5, 0.6) is 17.2 Å². The molecule has 13 heteroatoms. The SMILES string of the molecule is CCCCOCCOCc1cc(C)cc(-c2cc(C)cc(-c3cc(C)cc(COCCOCCCC)c3OCC(=O)O)c2OCC(=O)O)c1OCC(=O)O. The number of carboxylic acids is 3. The van der Waals surface area contributed by atoms with Crippen molar-refractivity contribution in [3.8, 4) is 39.5 Å². The van der Waals surface area contributed by atoms with Gasteiger partial charge in [0, 0.05) is 46.6 Å². The fourth-order valence-electron chi connectivity index (χ4n) is 5.68. The molecule has 0 spiro atoms. The lowest BCUT2D eigenvalue weighted by Crippen LogP contribution is -2.14. The Bertz CT molecular complexity index is 1570. The standard InChI is InChI=1S/C41H54O13/c1-6-8-10-48-12-14-50-22-30-16-27(3)18-32(39(30)52-24-36(42)43)34-20-29(5)21-35(41(34)54-26-38(46)47)33-19-28(4)17-31(40(33)53-25-37(44)45)23-51-15-13-49-11-9-7-2/h16-21H,6-15,22-26H2,1-5H3,(H,42,43)(H,44,45)(H,46,47). The Labute approximate surface area is 317 Å². The molecule has 3 rings (SSSR count). The first-order valence-electron chi connectivity index (χ1n) is 18.2. The molecule has 3 aromatic rings. The number of rotatable bonds is 27. The first-order valence-corrected chi connectivity index (χ1v) is 18.2. The van der Waals surface area contributed by atoms with Crippen LogP contribution in [0.2, 0.25) is 0 Å². The van der Waals surface area contributed by atoms with Gasteiger partial charge in [0.15, 0.2) is 19.8 Å². The molecule has 0 radical (unpaired) electrons. The van der Waals surface area contributed by atoms with E-state index in [-0.39, 0.29) is 30.5 Å². The Hall–Kier alpha value is -4.69. The predicted molar refractivity (Wildman–Crippen MR) is 202 cm³/mol. The van der Waals surface area contributed by atoms with Gasteiger partial charge in [0.2, 0.25) is 0 Å². The normalized spacial score (nSPS) is 11.1. The molecule has 0 heterocycles. The van der Waals surface area contributed by atoms with E-state index in [0.29, 0.717) is 73.0 Å². The molecule has 0 fully saturated rings. The molecule has 0 saturated heterocycles. The van der Waals surface area contributed by atoms with E-state index in [4.69, 9.17) is 33.2 Å². The van der Waals surface area contributed by atoms with Crippen molar-refractivity contribution in [2.24, 2.45) is 0 Å². The van der Waals surface area contributed by atoms with Gasteiger partial charge in [-0.15, -0.1) is 0 Å². The van der Waals surface area contributed by atoms with Gasteiger partial charge in [0.25, 0.3) is 0 Å². The van der Waals surface area contributed by atoms with Crippen LogP contribution in [-0.2, 0) is 46.5 Å². The molecule has 0 unspecified atom stereocenters. The summed E-state index contributed by atoms with van der Waals surface area (Å²) >= 11 is 0. The Morgan fingerprint density at radius 2 is 0.778 bits per heavy atom. The van der Waals surface area contributed by atoms with Gasteiger partial charge in [-0.2, -0.15) is 0 Å². The van der Waals surface area contributed by atoms with Gasteiger partial charge in [-0.05, 0) is 74.6 Å². The van der Waals surface area contributed by atoms with Gasteiger partial charge in [0.1, 0.15) is 17.2 Å². The topological polar surface area (TPSA) is 177 Å². The fourth-order valence-corrected chi connectivity index (χ4v) is 5.68. The first kappa shape index (κ1) is 43.7. The Kier molecular flexibility index (Phi) is 18.8. The van der Waals surface area contributed by atoms with Crippen LogP contribution in [-0.4, -0.2) is 92.7 Å². The van der Waals surface area contributed by atoms with Gasteiger partial charge >= 0.3 is 17.9 Å². The maximum Gasteiger partial charge on any atom is 0.341 e. The summed E-state index contributed by atoms with van der Waals surface area (Å²) in [5.41, 5.74) is 5.24. The van der Waals surface area contributed by atoms with Crippen molar-refractivity contribution in [3.63, 3.8) is 0 Å². The molecule has 0 aliphatic rings. The zero-order valence-corrected chi connectivity index (χ0v) is 32.0. The second-order valence-electron chi connectivity index (χ2n) is 12.9. The van der Waals surface area contributed by atoms with Gasteiger partial charge in [0.05, 0.1) is 39.6 Å². The van der Waals surface area contributed by atoms with Crippen LogP contribution in [0.4, 0.5) is 0 Å². The maximum absolute atomic E-state index is 11.9. The molecule has 54 heavy (non-hydrogen) atoms. The third kappa shape index (κ3) is 14.3. The zero-order chi connectivity index (χ0) is 39.5. The average molecular weight is 755 g/mol. The number of aryl methyl sites for hydroxylation is 3. The van der Waals surface area contributed by atoms with Crippen LogP contribution < -0.4 is 14.2 Å². The summed E-state index contributed by atoms with van der Waals surface area (Å²) < 4.78 is 41.0. The lowest BCUT2D eigenvalue weighted by molar-refractivity contribution is -0.140. The van der Waals surface area contributed by atoms with Gasteiger partial charge < -0.3 is 48.5 Å². The highest BCUT2D eigenvalue weighted by atomic mass is 16.5. The van der Waals surface area contributed by atoms with Crippen molar-refractivity contribution in [3.05, 3.63) is 64.2 Å². The number of ether oxygens (including phenoxy) is 7. The van der Waals surface area contributed by atoms with E-state index in [1.807, 2.05) is 32.9 Å². The lowest BCUT2D eigenvalue weighted by Gasteiger charge is -2.23. The number of hydrogen-bond donors (Lipinski definition) is 3. The van der Waals surface area contributed by atoms with E-state index in [9.17, 15) is 29.7 Å². The number of carbonyl (C=O) groups is 3. The Morgan fingerprint density at radius 1 is 0.463 bits per heavy atom. The van der Waals surface area contributed by atoms with E-state index < -0.39 is 37.7 Å². The summed E-state index contributed by atoms with van der Waals surface area (Å²) in [6, 6.07) is 10.9. The van der Waals surface area contributed by atoms with E-state index in [2.05, 4.69) is 13.8 Å². The number of benzene rings is 3. The van der Waals surface area contributed by atoms with Crippen molar-refractivity contribution >= 4 is 17.9 Å².